The van der Waals surface area contributed by atoms with E-state index in [-0.39, 0.29) is 88.6 Å². The van der Waals surface area contributed by atoms with Crippen LogP contribution in [0, 0.1) is 0 Å². The molecule has 750 valence electrons. The van der Waals surface area contributed by atoms with Crippen molar-refractivity contribution in [2.45, 2.75) is 78.1 Å². The van der Waals surface area contributed by atoms with Crippen molar-refractivity contribution in [2.24, 2.45) is 28.2 Å². The van der Waals surface area contributed by atoms with Crippen LogP contribution in [0.5, 0.6) is 28.9 Å². The number of aryl methyl sites for hydroxylation is 4. The molecule has 7 aromatic heterocycles. The summed E-state index contributed by atoms with van der Waals surface area (Å²) in [5.74, 6) is -0.114. The summed E-state index contributed by atoms with van der Waals surface area (Å²) in [4.78, 5) is 75.2. The number of benzene rings is 9. The van der Waals surface area contributed by atoms with Gasteiger partial charge in [-0.25, -0.2) is 24.2 Å². The molecule has 11 heterocycles. The fourth-order valence-electron chi connectivity index (χ4n) is 16.3. The molecule has 145 heavy (non-hydrogen) atoms. The van der Waals surface area contributed by atoms with Gasteiger partial charge in [-0.1, -0.05) is 6.07 Å². The number of halogens is 17. The van der Waals surface area contributed by atoms with E-state index >= 15 is 0 Å². The number of amides is 8. The van der Waals surface area contributed by atoms with Gasteiger partial charge in [-0.15, -0.1) is 10.2 Å². The molecule has 0 bridgehead atoms. The van der Waals surface area contributed by atoms with Crippen LogP contribution in [0.1, 0.15) is 29.4 Å². The summed E-state index contributed by atoms with van der Waals surface area (Å²) >= 11 is 0. The van der Waals surface area contributed by atoms with Crippen molar-refractivity contribution in [3.63, 3.8) is 0 Å². The molecule has 8 amide bonds. The van der Waals surface area contributed by atoms with E-state index in [4.69, 9.17) is 4.74 Å². The smallest absolute Gasteiger partial charge is 0.405 e. The van der Waals surface area contributed by atoms with E-state index in [0.29, 0.717) is 81.5 Å². The molecule has 3 N–H and O–H groups in total. The maximum Gasteiger partial charge on any atom is 0.405 e. The number of pyridine rings is 2. The van der Waals surface area contributed by atoms with Crippen LogP contribution >= 0.6 is 0 Å². The fraction of sp³-hybridized carbons (Fsp3) is 0.208. The molecule has 4 aliphatic heterocycles. The monoisotopic (exact) mass is 2020 g/mol. The summed E-state index contributed by atoms with van der Waals surface area (Å²) in [6, 6.07) is 50.8. The van der Waals surface area contributed by atoms with E-state index in [1.807, 2.05) is 50.6 Å². The lowest BCUT2D eigenvalue weighted by molar-refractivity contribution is -0.116. The van der Waals surface area contributed by atoms with Crippen molar-refractivity contribution >= 4 is 153 Å². The van der Waals surface area contributed by atoms with Crippen LogP contribution in [0.2, 0.25) is 0 Å². The number of alkyl halides is 17. The lowest BCUT2D eigenvalue weighted by atomic mass is 10.1. The van der Waals surface area contributed by atoms with Gasteiger partial charge in [-0.05, 0) is 201 Å². The molecule has 4 aliphatic rings. The number of hydrogen-bond acceptors (Lipinski definition) is 20. The van der Waals surface area contributed by atoms with Crippen LogP contribution in [0.25, 0.3) is 43.6 Å². The second kappa shape index (κ2) is 41.0. The van der Waals surface area contributed by atoms with E-state index in [1.165, 1.54) is 150 Å². The largest absolute Gasteiger partial charge is 0.478 e. The molecule has 49 heteroatoms. The Labute approximate surface area is 809 Å². The van der Waals surface area contributed by atoms with Gasteiger partial charge in [0, 0.05) is 127 Å². The molecule has 0 unspecified atom stereocenters. The second-order valence-corrected chi connectivity index (χ2v) is 32.6. The lowest BCUT2D eigenvalue weighted by Crippen LogP contribution is -2.45. The first-order valence-corrected chi connectivity index (χ1v) is 43.6. The van der Waals surface area contributed by atoms with E-state index < -0.39 is 82.7 Å². The molecule has 0 spiro atoms. The number of aromatic nitrogens is 12. The molecule has 0 saturated carbocycles. The normalized spacial score (nSPS) is 13.8. The van der Waals surface area contributed by atoms with E-state index in [0.717, 1.165) is 49.2 Å². The Balaban J connectivity index is 0.000000132. The number of rotatable bonds is 24. The molecule has 0 atom stereocenters. The number of anilines is 15. The van der Waals surface area contributed by atoms with Crippen LogP contribution in [-0.2, 0) is 54.4 Å². The Morgan fingerprint density at radius 1 is 0.324 bits per heavy atom. The second-order valence-electron chi connectivity index (χ2n) is 32.6. The molecule has 0 aliphatic carbocycles. The number of urea groups is 4. The Morgan fingerprint density at radius 3 is 1.01 bits per heavy atom. The average molecular weight is 2020 g/mol. The summed E-state index contributed by atoms with van der Waals surface area (Å²) in [6.45, 7) is -13.0. The summed E-state index contributed by atoms with van der Waals surface area (Å²) in [6.07, 6.45) is -3.12. The van der Waals surface area contributed by atoms with Gasteiger partial charge in [0.2, 0.25) is 5.88 Å². The van der Waals surface area contributed by atoms with E-state index in [9.17, 15) is 93.8 Å². The van der Waals surface area contributed by atoms with Crippen molar-refractivity contribution in [1.82, 2.24) is 59.3 Å². The minimum atomic E-state index is -4.49. The van der Waals surface area contributed by atoms with Crippen LogP contribution < -0.4 is 78.8 Å². The topological polar surface area (TPSA) is 299 Å². The van der Waals surface area contributed by atoms with Crippen LogP contribution in [-0.4, -0.2) is 155 Å². The van der Waals surface area contributed by atoms with Crippen molar-refractivity contribution in [3.05, 3.63) is 266 Å². The third kappa shape index (κ3) is 23.1. The standard InChI is InChI=1S/C25H20F5N5O2.C24H19F5N6O2.C24H21F2N5O3.C23H18F5N7O2/c1-33-12-16-10-19(6-9-21(16)32-33)34-13-15-2-3-17(31-14-25(28,29)30)11-22(15)35(24(34)36)18-4-7-20(8-5-18)37-23(26)27;1-33-11-14-8-17(4-7-19(14)32-33)34-12-20-21(9-15(10-30-20)31-13-24(27,28)29)35(23(34)36)16-2-5-18(6-3-16)37-22(25)26;1-3-33-22-11-21-16(12-27-22)14-30(18-6-9-20-15(10-18)13-29(2)28-20)24(32)31(21)17-4-7-19(8-5-17)34-23(25)26;1-33-10-13-8-15(4-7-17(13)32-33)34-11-18-19(9-20(31-30-18)29-12-23(26,27)28)35(22(34)36)14-2-5-16(6-3-14)37-21(24)25/h2-12,23,31H,13-14H2,1H3;2-11,22,31H,12-13H2,1H3;4-13,23H,3,14H2,1-2H3;2-10,21H,11-12H2,1H3,(H,29,31). The fourth-order valence-corrected chi connectivity index (χ4v) is 16.3. The predicted octanol–water partition coefficient (Wildman–Crippen LogP) is 22.7. The Hall–Kier alpha value is -17.5. The van der Waals surface area contributed by atoms with Crippen LogP contribution in [0.3, 0.4) is 0 Å². The number of fused-ring (bicyclic) bond motifs is 8. The van der Waals surface area contributed by atoms with Gasteiger partial charge in [-0.2, -0.15) is 95.0 Å². The molecule has 9 aromatic carbocycles. The number of carbonyl (C=O) groups excluding carboxylic acids is 4. The van der Waals surface area contributed by atoms with Gasteiger partial charge in [0.25, 0.3) is 0 Å². The third-order valence-corrected chi connectivity index (χ3v) is 22.4. The van der Waals surface area contributed by atoms with Gasteiger partial charge in [-0.3, -0.25) is 62.9 Å². The predicted molar refractivity (Wildman–Crippen MR) is 502 cm³/mol. The van der Waals surface area contributed by atoms with Crippen LogP contribution in [0.4, 0.5) is 179 Å². The number of nitrogens with one attached hydrogen (secondary N) is 3. The lowest BCUT2D eigenvalue weighted by Gasteiger charge is -2.37. The first-order valence-electron chi connectivity index (χ1n) is 43.6. The highest BCUT2D eigenvalue weighted by Gasteiger charge is 2.41. The SMILES string of the molecule is CCOc1cc2c(cn1)CN(c1ccc3nn(C)cc3c1)C(=O)N2c1ccc(OC(F)F)cc1.Cn1cc2cc(N3Cc4ccc(NCC(F)(F)F)cc4N(c4ccc(OC(F)F)cc4)C3=O)ccc2n1.Cn1cc2cc(N3Cc4ncc(NCC(F)(F)F)cc4N(c4ccc(OC(F)F)cc4)C3=O)ccc2n1.Cn1cc2cc(N3Cc4nnc(NCC(F)(F)F)cc4N(c4ccc(OC(F)F)cc4)C3=O)ccc2n1. The first-order chi connectivity index (χ1) is 69.1. The quantitative estimate of drug-likeness (QED) is 0.0473. The highest BCUT2D eigenvalue weighted by Crippen LogP contribution is 2.46. The van der Waals surface area contributed by atoms with Gasteiger partial charge >= 0.3 is 69.1 Å². The molecule has 0 fully saturated rings. The van der Waals surface area contributed by atoms with Gasteiger partial charge < -0.3 is 39.6 Å². The minimum Gasteiger partial charge on any atom is -0.478 e. The van der Waals surface area contributed by atoms with Crippen LogP contribution in [0.15, 0.2) is 243 Å². The zero-order valence-electron chi connectivity index (χ0n) is 76.1. The van der Waals surface area contributed by atoms with Crippen molar-refractivity contribution < 1.29 is 117 Å². The number of ether oxygens (including phenoxy) is 5. The molecule has 16 aromatic rings. The molecule has 0 saturated heterocycles. The number of nitrogens with zero attached hydrogens (tertiary/aromatic N) is 20. The summed E-state index contributed by atoms with van der Waals surface area (Å²) in [5.41, 5.74) is 10.7. The highest BCUT2D eigenvalue weighted by molar-refractivity contribution is 6.15. The van der Waals surface area contributed by atoms with Gasteiger partial charge in [0.1, 0.15) is 48.3 Å². The summed E-state index contributed by atoms with van der Waals surface area (Å²) in [7, 11) is 7.17. The Bertz CT molecular complexity index is 6940. The van der Waals surface area contributed by atoms with Crippen molar-refractivity contribution in [3.8, 4) is 28.9 Å². The van der Waals surface area contributed by atoms with Gasteiger partial charge in [0.05, 0.1) is 118 Å². The third-order valence-electron chi connectivity index (χ3n) is 22.4. The van der Waals surface area contributed by atoms with Crippen molar-refractivity contribution in [1.29, 1.82) is 0 Å². The van der Waals surface area contributed by atoms with Crippen molar-refractivity contribution in [2.75, 3.05) is 81.4 Å². The Kier molecular flexibility index (Phi) is 28.0. The maximum absolute atomic E-state index is 13.8. The summed E-state index contributed by atoms with van der Waals surface area (Å²) < 4.78 is 245. The first kappa shape index (κ1) is 99.1. The molecule has 32 nitrogen and oxygen atoms in total. The minimum absolute atomic E-state index is 0.00440. The Morgan fingerprint density at radius 2 is 0.641 bits per heavy atom. The zero-order chi connectivity index (χ0) is 103. The highest BCUT2D eigenvalue weighted by atomic mass is 19.4. The van der Waals surface area contributed by atoms with E-state index in [1.54, 1.807) is 136 Å². The zero-order valence-corrected chi connectivity index (χ0v) is 76.1. The molecular formula is C96H78F17N23O9. The molecule has 20 rings (SSSR count). The average Bonchev–Trinajstić information content (AvgIpc) is 1.57. The van der Waals surface area contributed by atoms with E-state index in [2.05, 4.69) is 75.5 Å². The number of hydrogen-bond donors (Lipinski definition) is 3. The maximum atomic E-state index is 13.8. The number of carbonyl (C=O) groups is 4. The molecular weight excluding hydrogens is 1940 g/mol. The van der Waals surface area contributed by atoms with Gasteiger partial charge in [0.15, 0.2) is 5.82 Å². The molecule has 0 radical (unpaired) electrons. The summed E-state index contributed by atoms with van der Waals surface area (Å²) in [5, 5.41) is 35.4.